The molecular weight excluding hydrogens is 234 g/mol. The summed E-state index contributed by atoms with van der Waals surface area (Å²) in [5, 5.41) is 0. The Kier molecular flexibility index (Phi) is 7.06. The number of likely N-dealkylation sites (N-methyl/N-ethyl adjacent to an activating group) is 1. The van der Waals surface area contributed by atoms with Gasteiger partial charge < -0.3 is 15.5 Å². The number of benzene rings is 1. The molecule has 1 unspecified atom stereocenters. The molecule has 0 spiro atoms. The van der Waals surface area contributed by atoms with Crippen LogP contribution < -0.4 is 5.73 Å². The first kappa shape index (κ1) is 16.2. The van der Waals surface area contributed by atoms with Gasteiger partial charge in [0.05, 0.1) is 0 Å². The maximum Gasteiger partial charge on any atom is 0.0426 e. The Hall–Kier alpha value is -0.900. The Balaban J connectivity index is 2.49. The van der Waals surface area contributed by atoms with E-state index in [9.17, 15) is 0 Å². The molecule has 1 rings (SSSR count). The van der Waals surface area contributed by atoms with Crippen LogP contribution in [0.15, 0.2) is 24.3 Å². The number of hydrogen-bond donors (Lipinski definition) is 1. The van der Waals surface area contributed by atoms with E-state index in [-0.39, 0.29) is 6.04 Å². The molecular formula is C16H29N3. The maximum absolute atomic E-state index is 6.35. The first-order chi connectivity index (χ1) is 9.04. The molecule has 108 valence electrons. The predicted octanol–water partition coefficient (Wildman–Crippen LogP) is 2.27. The van der Waals surface area contributed by atoms with Crippen molar-refractivity contribution in [3.05, 3.63) is 35.4 Å². The molecule has 1 atom stereocenters. The molecule has 0 saturated carbocycles. The summed E-state index contributed by atoms with van der Waals surface area (Å²) in [6, 6.07) is 8.54. The van der Waals surface area contributed by atoms with E-state index in [0.29, 0.717) is 0 Å². The molecule has 0 aromatic heterocycles. The minimum atomic E-state index is 0.112. The lowest BCUT2D eigenvalue weighted by Crippen LogP contribution is -2.34. The van der Waals surface area contributed by atoms with E-state index >= 15 is 0 Å². The third-order valence-electron chi connectivity index (χ3n) is 3.57. The van der Waals surface area contributed by atoms with Crippen molar-refractivity contribution in [3.63, 3.8) is 0 Å². The summed E-state index contributed by atoms with van der Waals surface area (Å²) in [6.07, 6.45) is 1.20. The molecule has 0 bridgehead atoms. The Bertz CT molecular complexity index is 363. The van der Waals surface area contributed by atoms with Gasteiger partial charge in [-0.1, -0.05) is 31.2 Å². The number of rotatable bonds is 8. The highest BCUT2D eigenvalue weighted by Gasteiger charge is 2.12. The smallest absolute Gasteiger partial charge is 0.0426 e. The summed E-state index contributed by atoms with van der Waals surface area (Å²) >= 11 is 0. The Morgan fingerprint density at radius 2 is 1.84 bits per heavy atom. The third-order valence-corrected chi connectivity index (χ3v) is 3.57. The molecule has 0 aliphatic rings. The molecule has 1 aromatic carbocycles. The Labute approximate surface area is 118 Å². The molecule has 2 N–H and O–H groups in total. The molecule has 19 heavy (non-hydrogen) atoms. The molecule has 0 amide bonds. The third kappa shape index (κ3) is 5.72. The zero-order valence-corrected chi connectivity index (χ0v) is 12.9. The lowest BCUT2D eigenvalue weighted by molar-refractivity contribution is 0.252. The average molecular weight is 263 g/mol. The summed E-state index contributed by atoms with van der Waals surface area (Å²) in [5.74, 6) is 0. The van der Waals surface area contributed by atoms with Gasteiger partial charge in [0.1, 0.15) is 0 Å². The summed E-state index contributed by atoms with van der Waals surface area (Å²) in [4.78, 5) is 4.68. The van der Waals surface area contributed by atoms with Crippen molar-refractivity contribution < 1.29 is 0 Å². The van der Waals surface area contributed by atoms with Crippen LogP contribution in [0.2, 0.25) is 0 Å². The maximum atomic E-state index is 6.35. The van der Waals surface area contributed by atoms with Gasteiger partial charge >= 0.3 is 0 Å². The van der Waals surface area contributed by atoms with Gasteiger partial charge in [-0.05, 0) is 58.2 Å². The van der Waals surface area contributed by atoms with Gasteiger partial charge in [-0.2, -0.15) is 0 Å². The zero-order chi connectivity index (χ0) is 14.3. The van der Waals surface area contributed by atoms with Gasteiger partial charge in [-0.15, -0.1) is 0 Å². The average Bonchev–Trinajstić information content (AvgIpc) is 2.37. The first-order valence-corrected chi connectivity index (χ1v) is 7.22. The second-order valence-corrected chi connectivity index (χ2v) is 5.51. The van der Waals surface area contributed by atoms with Crippen LogP contribution in [0.1, 0.15) is 30.5 Å². The van der Waals surface area contributed by atoms with Gasteiger partial charge in [-0.25, -0.2) is 0 Å². The summed E-state index contributed by atoms with van der Waals surface area (Å²) < 4.78 is 0. The van der Waals surface area contributed by atoms with E-state index in [2.05, 4.69) is 62.0 Å². The van der Waals surface area contributed by atoms with Crippen molar-refractivity contribution >= 4 is 0 Å². The van der Waals surface area contributed by atoms with E-state index in [1.165, 1.54) is 17.5 Å². The predicted molar refractivity (Wildman–Crippen MR) is 83.4 cm³/mol. The molecule has 0 aliphatic carbocycles. The second-order valence-electron chi connectivity index (χ2n) is 5.51. The van der Waals surface area contributed by atoms with E-state index < -0.39 is 0 Å². The lowest BCUT2D eigenvalue weighted by atomic mass is 10.0. The van der Waals surface area contributed by atoms with Crippen molar-refractivity contribution in [2.75, 3.05) is 40.3 Å². The fraction of sp³-hybridized carbons (Fsp3) is 0.625. The normalized spacial score (nSPS) is 13.2. The standard InChI is InChI=1S/C16H29N3/c1-5-19(12-8-11-18(3)4)13-16(17)15-10-7-6-9-14(15)2/h6-7,9-10,16H,5,8,11-13,17H2,1-4H3. The highest BCUT2D eigenvalue weighted by atomic mass is 15.1. The number of aryl methyl sites for hydroxylation is 1. The van der Waals surface area contributed by atoms with E-state index in [0.717, 1.165) is 26.2 Å². The number of hydrogen-bond acceptors (Lipinski definition) is 3. The summed E-state index contributed by atoms with van der Waals surface area (Å²) in [5.41, 5.74) is 8.91. The lowest BCUT2D eigenvalue weighted by Gasteiger charge is -2.25. The number of nitrogens with two attached hydrogens (primary N) is 1. The largest absolute Gasteiger partial charge is 0.323 e. The second kappa shape index (κ2) is 8.31. The molecule has 0 aliphatic heterocycles. The quantitative estimate of drug-likeness (QED) is 0.781. The molecule has 0 radical (unpaired) electrons. The van der Waals surface area contributed by atoms with Crippen LogP contribution in [0.4, 0.5) is 0 Å². The van der Waals surface area contributed by atoms with E-state index in [1.807, 2.05) is 0 Å². The van der Waals surface area contributed by atoms with Crippen LogP contribution in [0.25, 0.3) is 0 Å². The van der Waals surface area contributed by atoms with E-state index in [1.54, 1.807) is 0 Å². The van der Waals surface area contributed by atoms with Crippen LogP contribution in [0.5, 0.6) is 0 Å². The van der Waals surface area contributed by atoms with Crippen molar-refractivity contribution in [2.45, 2.75) is 26.3 Å². The summed E-state index contributed by atoms with van der Waals surface area (Å²) in [7, 11) is 4.24. The molecule has 3 heteroatoms. The molecule has 0 heterocycles. The first-order valence-electron chi connectivity index (χ1n) is 7.22. The highest BCUT2D eigenvalue weighted by molar-refractivity contribution is 5.28. The SMILES string of the molecule is CCN(CCCN(C)C)CC(N)c1ccccc1C. The van der Waals surface area contributed by atoms with Crippen molar-refractivity contribution in [1.29, 1.82) is 0 Å². The Morgan fingerprint density at radius 3 is 2.42 bits per heavy atom. The molecule has 3 nitrogen and oxygen atoms in total. The fourth-order valence-corrected chi connectivity index (χ4v) is 2.37. The van der Waals surface area contributed by atoms with Crippen LogP contribution in [-0.2, 0) is 0 Å². The van der Waals surface area contributed by atoms with E-state index in [4.69, 9.17) is 5.73 Å². The van der Waals surface area contributed by atoms with Gasteiger partial charge in [-0.3, -0.25) is 0 Å². The number of nitrogens with zero attached hydrogens (tertiary/aromatic N) is 2. The van der Waals surface area contributed by atoms with Crippen molar-refractivity contribution in [3.8, 4) is 0 Å². The fourth-order valence-electron chi connectivity index (χ4n) is 2.37. The van der Waals surface area contributed by atoms with Gasteiger partial charge in [0.2, 0.25) is 0 Å². The topological polar surface area (TPSA) is 32.5 Å². The van der Waals surface area contributed by atoms with Crippen LogP contribution in [0.3, 0.4) is 0 Å². The minimum absolute atomic E-state index is 0.112. The highest BCUT2D eigenvalue weighted by Crippen LogP contribution is 2.16. The molecule has 0 saturated heterocycles. The van der Waals surface area contributed by atoms with Crippen molar-refractivity contribution in [2.24, 2.45) is 5.73 Å². The zero-order valence-electron chi connectivity index (χ0n) is 12.9. The van der Waals surface area contributed by atoms with Crippen LogP contribution >= 0.6 is 0 Å². The van der Waals surface area contributed by atoms with Gasteiger partial charge in [0, 0.05) is 12.6 Å². The van der Waals surface area contributed by atoms with Crippen LogP contribution in [0, 0.1) is 6.92 Å². The minimum Gasteiger partial charge on any atom is -0.323 e. The monoisotopic (exact) mass is 263 g/mol. The summed E-state index contributed by atoms with van der Waals surface area (Å²) in [6.45, 7) is 8.60. The van der Waals surface area contributed by atoms with Gasteiger partial charge in [0.15, 0.2) is 0 Å². The molecule has 0 fully saturated rings. The Morgan fingerprint density at radius 1 is 1.16 bits per heavy atom. The van der Waals surface area contributed by atoms with Gasteiger partial charge in [0.25, 0.3) is 0 Å². The van der Waals surface area contributed by atoms with Crippen LogP contribution in [-0.4, -0.2) is 50.1 Å². The molecule has 1 aromatic rings. The van der Waals surface area contributed by atoms with Crippen molar-refractivity contribution in [1.82, 2.24) is 9.80 Å².